The minimum Gasteiger partial charge on any atom is -0.107 e. The van der Waals surface area contributed by atoms with Crippen molar-refractivity contribution in [2.45, 2.75) is 32.1 Å². The summed E-state index contributed by atoms with van der Waals surface area (Å²) in [4.78, 5) is 0. The summed E-state index contributed by atoms with van der Waals surface area (Å²) >= 11 is 0. The minimum atomic E-state index is 0. The van der Waals surface area contributed by atoms with Crippen LogP contribution in [-0.4, -0.2) is 0 Å². The Hall–Kier alpha value is 0.730. The van der Waals surface area contributed by atoms with Crippen molar-refractivity contribution in [2.24, 2.45) is 11.8 Å². The van der Waals surface area contributed by atoms with Crippen molar-refractivity contribution < 1.29 is 0 Å². The van der Waals surface area contributed by atoms with E-state index in [0.717, 1.165) is 0 Å². The van der Waals surface area contributed by atoms with Crippen LogP contribution in [0.2, 0.25) is 0 Å². The predicted molar refractivity (Wildman–Crippen MR) is 45.5 cm³/mol. The topological polar surface area (TPSA) is 0 Å². The Morgan fingerprint density at radius 1 is 0.750 bits per heavy atom. The van der Waals surface area contributed by atoms with Gasteiger partial charge in [-0.1, -0.05) is 25.7 Å². The zero-order chi connectivity index (χ0) is 4.69. The normalized spacial score (nSPS) is 42.0. The molecule has 2 saturated carbocycles. The molecular formula is C7H13I. The van der Waals surface area contributed by atoms with Gasteiger partial charge in [0.2, 0.25) is 0 Å². The number of hydrogen-bond acceptors (Lipinski definition) is 0. The molecule has 0 aromatic rings. The second-order valence-electron chi connectivity index (χ2n) is 3.12. The van der Waals surface area contributed by atoms with Crippen molar-refractivity contribution in [2.75, 3.05) is 0 Å². The van der Waals surface area contributed by atoms with Crippen LogP contribution in [0.25, 0.3) is 0 Å². The highest BCUT2D eigenvalue weighted by atomic mass is 127. The second-order valence-corrected chi connectivity index (χ2v) is 3.12. The van der Waals surface area contributed by atoms with Gasteiger partial charge in [0.15, 0.2) is 0 Å². The minimum absolute atomic E-state index is 0. The molecule has 8 heavy (non-hydrogen) atoms. The summed E-state index contributed by atoms with van der Waals surface area (Å²) in [5.74, 6) is 2.34. The molecule has 2 rings (SSSR count). The van der Waals surface area contributed by atoms with Crippen LogP contribution >= 0.6 is 24.0 Å². The van der Waals surface area contributed by atoms with E-state index >= 15 is 0 Å². The van der Waals surface area contributed by atoms with Crippen molar-refractivity contribution in [3.8, 4) is 0 Å². The first-order valence-corrected chi connectivity index (χ1v) is 3.45. The molecule has 2 aliphatic rings. The van der Waals surface area contributed by atoms with Gasteiger partial charge in [-0.25, -0.2) is 0 Å². The van der Waals surface area contributed by atoms with Crippen LogP contribution in [0.1, 0.15) is 32.1 Å². The second kappa shape index (κ2) is 2.54. The fourth-order valence-corrected chi connectivity index (χ4v) is 2.17. The summed E-state index contributed by atoms with van der Waals surface area (Å²) in [6.45, 7) is 0. The van der Waals surface area contributed by atoms with E-state index in [-0.39, 0.29) is 24.0 Å². The van der Waals surface area contributed by atoms with E-state index in [1.54, 1.807) is 32.1 Å². The summed E-state index contributed by atoms with van der Waals surface area (Å²) in [7, 11) is 0. The molecule has 1 heteroatoms. The fraction of sp³-hybridized carbons (Fsp3) is 1.00. The summed E-state index contributed by atoms with van der Waals surface area (Å²) in [5.41, 5.74) is 0. The van der Waals surface area contributed by atoms with Crippen LogP contribution in [0.3, 0.4) is 0 Å². The third-order valence-corrected chi connectivity index (χ3v) is 2.63. The van der Waals surface area contributed by atoms with Gasteiger partial charge < -0.3 is 0 Å². The van der Waals surface area contributed by atoms with Crippen molar-refractivity contribution >= 4 is 24.0 Å². The SMILES string of the molecule is C1CC2CCC1C2.I. The molecule has 0 atom stereocenters. The van der Waals surface area contributed by atoms with Crippen molar-refractivity contribution in [1.82, 2.24) is 0 Å². The van der Waals surface area contributed by atoms with E-state index in [1.165, 1.54) is 11.8 Å². The highest BCUT2D eigenvalue weighted by Gasteiger charge is 2.30. The maximum absolute atomic E-state index is 1.58. The molecule has 0 unspecified atom stereocenters. The van der Waals surface area contributed by atoms with E-state index in [9.17, 15) is 0 Å². The highest BCUT2D eigenvalue weighted by Crippen LogP contribution is 2.43. The zero-order valence-corrected chi connectivity index (χ0v) is 7.43. The van der Waals surface area contributed by atoms with Crippen molar-refractivity contribution in [3.05, 3.63) is 0 Å². The average molecular weight is 224 g/mol. The van der Waals surface area contributed by atoms with Crippen LogP contribution in [0.4, 0.5) is 0 Å². The molecule has 0 heterocycles. The molecule has 0 nitrogen and oxygen atoms in total. The first-order valence-electron chi connectivity index (χ1n) is 3.45. The molecule has 0 radical (unpaired) electrons. The number of hydrogen-bond donors (Lipinski definition) is 0. The first-order chi connectivity index (χ1) is 3.45. The van der Waals surface area contributed by atoms with Gasteiger partial charge >= 0.3 is 0 Å². The van der Waals surface area contributed by atoms with Gasteiger partial charge in [0.1, 0.15) is 0 Å². The molecule has 0 saturated heterocycles. The largest absolute Gasteiger partial charge is 0.107 e. The average Bonchev–Trinajstić information content (AvgIpc) is 2.22. The van der Waals surface area contributed by atoms with Crippen LogP contribution in [0.15, 0.2) is 0 Å². The zero-order valence-electron chi connectivity index (χ0n) is 5.10. The fourth-order valence-electron chi connectivity index (χ4n) is 2.17. The summed E-state index contributed by atoms with van der Waals surface area (Å²) in [5, 5.41) is 0. The Labute approximate surface area is 68.1 Å². The van der Waals surface area contributed by atoms with Crippen LogP contribution < -0.4 is 0 Å². The lowest BCUT2D eigenvalue weighted by atomic mass is 10.0. The Bertz CT molecular complexity index is 62.5. The van der Waals surface area contributed by atoms with E-state index in [4.69, 9.17) is 0 Å². The van der Waals surface area contributed by atoms with E-state index < -0.39 is 0 Å². The molecule has 0 spiro atoms. The molecular weight excluding hydrogens is 211 g/mol. The lowest BCUT2D eigenvalue weighted by molar-refractivity contribution is 0.480. The molecule has 0 aromatic heterocycles. The monoisotopic (exact) mass is 224 g/mol. The molecule has 48 valence electrons. The van der Waals surface area contributed by atoms with Gasteiger partial charge in [-0.2, -0.15) is 0 Å². The van der Waals surface area contributed by atoms with Crippen molar-refractivity contribution in [3.63, 3.8) is 0 Å². The molecule has 0 N–H and O–H groups in total. The third-order valence-electron chi connectivity index (χ3n) is 2.63. The van der Waals surface area contributed by atoms with Crippen molar-refractivity contribution in [1.29, 1.82) is 0 Å². The number of rotatable bonds is 0. The smallest absolute Gasteiger partial charge is 0.0411 e. The van der Waals surface area contributed by atoms with Gasteiger partial charge in [0.25, 0.3) is 0 Å². The molecule has 0 amide bonds. The molecule has 2 fully saturated rings. The van der Waals surface area contributed by atoms with Crippen LogP contribution in [0.5, 0.6) is 0 Å². The molecule has 2 aliphatic carbocycles. The quantitative estimate of drug-likeness (QED) is 0.555. The first kappa shape index (κ1) is 6.84. The summed E-state index contributed by atoms with van der Waals surface area (Å²) < 4.78 is 0. The summed E-state index contributed by atoms with van der Waals surface area (Å²) in [6, 6.07) is 0. The van der Waals surface area contributed by atoms with Gasteiger partial charge in [0.05, 0.1) is 0 Å². The Kier molecular flexibility index (Phi) is 2.18. The van der Waals surface area contributed by atoms with E-state index in [0.29, 0.717) is 0 Å². The molecule has 2 bridgehead atoms. The molecule has 0 aliphatic heterocycles. The van der Waals surface area contributed by atoms with Gasteiger partial charge in [0, 0.05) is 0 Å². The van der Waals surface area contributed by atoms with Gasteiger partial charge in [-0.15, -0.1) is 24.0 Å². The lowest BCUT2D eigenvalue weighted by Crippen LogP contribution is -1.90. The van der Waals surface area contributed by atoms with Crippen LogP contribution in [-0.2, 0) is 0 Å². The maximum Gasteiger partial charge on any atom is -0.0411 e. The van der Waals surface area contributed by atoms with E-state index in [2.05, 4.69) is 0 Å². The Morgan fingerprint density at radius 2 is 1.12 bits per heavy atom. The number of halogens is 1. The predicted octanol–water partition coefficient (Wildman–Crippen LogP) is 2.81. The third kappa shape index (κ3) is 1.02. The van der Waals surface area contributed by atoms with E-state index in [1.807, 2.05) is 0 Å². The standard InChI is InChI=1S/C7H12.HI/c1-2-7-4-3-6(1)5-7;/h6-7H,1-5H2;1H. The molecule has 0 aromatic carbocycles. The van der Waals surface area contributed by atoms with Gasteiger partial charge in [-0.05, 0) is 18.3 Å². The Morgan fingerprint density at radius 3 is 1.25 bits per heavy atom. The Balaban J connectivity index is 0.000000320. The highest BCUT2D eigenvalue weighted by molar-refractivity contribution is 14.0. The van der Waals surface area contributed by atoms with Crippen LogP contribution in [0, 0.1) is 11.8 Å². The van der Waals surface area contributed by atoms with Gasteiger partial charge in [-0.3, -0.25) is 0 Å². The summed E-state index contributed by atoms with van der Waals surface area (Å²) in [6.07, 6.45) is 7.82. The number of fused-ring (bicyclic) bond motifs is 2. The maximum atomic E-state index is 1.58. The lowest BCUT2D eigenvalue weighted by Gasteiger charge is -2.05.